The summed E-state index contributed by atoms with van der Waals surface area (Å²) in [5, 5.41) is 13.0. The number of nitrogens with zero attached hydrogens (tertiary/aromatic N) is 1. The molecule has 1 atom stereocenters. The van der Waals surface area contributed by atoms with Crippen LogP contribution in [0.3, 0.4) is 0 Å². The molecule has 2 aromatic carbocycles. The van der Waals surface area contributed by atoms with Crippen LogP contribution in [-0.2, 0) is 17.8 Å². The fraction of sp³-hybridized carbons (Fsp3) is 0.350. The molecule has 4 nitrogen and oxygen atoms in total. The van der Waals surface area contributed by atoms with Gasteiger partial charge in [-0.1, -0.05) is 42.5 Å². The Morgan fingerprint density at radius 3 is 2.46 bits per heavy atom. The summed E-state index contributed by atoms with van der Waals surface area (Å²) < 4.78 is 0. The van der Waals surface area contributed by atoms with E-state index in [0.717, 1.165) is 37.1 Å². The molecule has 2 N–H and O–H groups in total. The molecule has 0 saturated carbocycles. The first kappa shape index (κ1) is 16.5. The zero-order valence-corrected chi connectivity index (χ0v) is 13.8. The highest BCUT2D eigenvalue weighted by Crippen LogP contribution is 2.14. The summed E-state index contributed by atoms with van der Waals surface area (Å²) in [6.45, 7) is 2.28. The van der Waals surface area contributed by atoms with Crippen LogP contribution in [0.5, 0.6) is 5.75 Å². The quantitative estimate of drug-likeness (QED) is 0.859. The number of carbonyl (C=O) groups is 1. The molecule has 4 heteroatoms. The molecule has 2 aromatic rings. The van der Waals surface area contributed by atoms with E-state index < -0.39 is 0 Å². The normalized spacial score (nSPS) is 15.4. The fourth-order valence-electron chi connectivity index (χ4n) is 3.16. The van der Waals surface area contributed by atoms with E-state index in [1.54, 1.807) is 12.1 Å². The zero-order valence-electron chi connectivity index (χ0n) is 13.8. The average molecular weight is 324 g/mol. The smallest absolute Gasteiger partial charge is 0.240 e. The molecule has 0 spiro atoms. The summed E-state index contributed by atoms with van der Waals surface area (Å²) in [7, 11) is 0. The average Bonchev–Trinajstić information content (AvgIpc) is 3.13. The number of amides is 1. The van der Waals surface area contributed by atoms with Crippen LogP contribution in [0, 0.1) is 0 Å². The lowest BCUT2D eigenvalue weighted by atomic mass is 10.0. The maximum Gasteiger partial charge on any atom is 0.240 e. The van der Waals surface area contributed by atoms with Crippen LogP contribution >= 0.6 is 0 Å². The predicted octanol–water partition coefficient (Wildman–Crippen LogP) is 2.72. The van der Waals surface area contributed by atoms with Crippen LogP contribution in [0.2, 0.25) is 0 Å². The Hall–Kier alpha value is -2.33. The number of rotatable bonds is 6. The Kier molecular flexibility index (Phi) is 5.49. The molecule has 1 heterocycles. The summed E-state index contributed by atoms with van der Waals surface area (Å²) in [5.41, 5.74) is 2.13. The number of phenolic OH excluding ortho intramolecular Hbond substituents is 1. The minimum absolute atomic E-state index is 0.177. The molecular formula is C20H24N2O2. The van der Waals surface area contributed by atoms with Gasteiger partial charge in [-0.3, -0.25) is 4.79 Å². The van der Waals surface area contributed by atoms with Crippen LogP contribution in [0.15, 0.2) is 54.6 Å². The van der Waals surface area contributed by atoms with E-state index in [9.17, 15) is 9.90 Å². The van der Waals surface area contributed by atoms with Gasteiger partial charge in [0.1, 0.15) is 5.75 Å². The number of carbonyl (C=O) groups excluding carboxylic acids is 1. The molecular weight excluding hydrogens is 300 g/mol. The van der Waals surface area contributed by atoms with Crippen molar-refractivity contribution in [2.24, 2.45) is 0 Å². The van der Waals surface area contributed by atoms with E-state index in [1.807, 2.05) is 35.2 Å². The monoisotopic (exact) mass is 324 g/mol. The molecule has 1 aliphatic heterocycles. The van der Waals surface area contributed by atoms with Crippen molar-refractivity contribution >= 4 is 5.91 Å². The minimum atomic E-state index is -0.243. The van der Waals surface area contributed by atoms with Gasteiger partial charge < -0.3 is 15.3 Å². The van der Waals surface area contributed by atoms with Crippen molar-refractivity contribution in [3.05, 3.63) is 65.7 Å². The third-order valence-corrected chi connectivity index (χ3v) is 4.46. The topological polar surface area (TPSA) is 52.6 Å². The Bertz CT molecular complexity index is 666. The Balaban J connectivity index is 1.69. The van der Waals surface area contributed by atoms with E-state index >= 15 is 0 Å². The van der Waals surface area contributed by atoms with Crippen molar-refractivity contribution in [2.75, 3.05) is 13.1 Å². The molecule has 0 unspecified atom stereocenters. The largest absolute Gasteiger partial charge is 0.508 e. The summed E-state index contributed by atoms with van der Waals surface area (Å²) in [6, 6.07) is 17.0. The first-order valence-electron chi connectivity index (χ1n) is 8.56. The van der Waals surface area contributed by atoms with Crippen LogP contribution in [0.4, 0.5) is 0 Å². The van der Waals surface area contributed by atoms with Crippen molar-refractivity contribution in [1.82, 2.24) is 10.2 Å². The van der Waals surface area contributed by atoms with Gasteiger partial charge in [-0.2, -0.15) is 0 Å². The molecule has 0 radical (unpaired) electrons. The Morgan fingerprint density at radius 2 is 1.75 bits per heavy atom. The molecule has 1 amide bonds. The lowest BCUT2D eigenvalue weighted by Gasteiger charge is -2.24. The number of hydrogen-bond acceptors (Lipinski definition) is 3. The van der Waals surface area contributed by atoms with Crippen molar-refractivity contribution in [1.29, 1.82) is 0 Å². The highest BCUT2D eigenvalue weighted by atomic mass is 16.3. The molecule has 1 saturated heterocycles. The summed E-state index contributed by atoms with van der Waals surface area (Å²) in [6.07, 6.45) is 2.86. The second-order valence-electron chi connectivity index (χ2n) is 6.33. The first-order chi connectivity index (χ1) is 11.7. The highest BCUT2D eigenvalue weighted by Gasteiger charge is 2.26. The van der Waals surface area contributed by atoms with Crippen molar-refractivity contribution < 1.29 is 9.90 Å². The lowest BCUT2D eigenvalue weighted by Crippen LogP contribution is -2.46. The first-order valence-corrected chi connectivity index (χ1v) is 8.56. The summed E-state index contributed by atoms with van der Waals surface area (Å²) in [4.78, 5) is 14.8. The van der Waals surface area contributed by atoms with Gasteiger partial charge in [0.15, 0.2) is 0 Å². The van der Waals surface area contributed by atoms with Gasteiger partial charge in [-0.05, 0) is 42.5 Å². The van der Waals surface area contributed by atoms with Gasteiger partial charge in [0.2, 0.25) is 5.91 Å². The molecule has 126 valence electrons. The van der Waals surface area contributed by atoms with Crippen LogP contribution in [0.25, 0.3) is 0 Å². The van der Waals surface area contributed by atoms with Gasteiger partial charge in [-0.15, -0.1) is 0 Å². The van der Waals surface area contributed by atoms with Gasteiger partial charge in [-0.25, -0.2) is 0 Å². The van der Waals surface area contributed by atoms with Crippen LogP contribution in [0.1, 0.15) is 24.0 Å². The molecule has 0 bridgehead atoms. The minimum Gasteiger partial charge on any atom is -0.508 e. The van der Waals surface area contributed by atoms with Crippen LogP contribution in [-0.4, -0.2) is 35.0 Å². The van der Waals surface area contributed by atoms with Gasteiger partial charge >= 0.3 is 0 Å². The number of phenols is 1. The van der Waals surface area contributed by atoms with E-state index in [-0.39, 0.29) is 17.7 Å². The SMILES string of the molecule is O=C([C@H](Cc1ccccc1)NCc1cccc(O)c1)N1CCCC1. The molecule has 1 fully saturated rings. The molecule has 0 aromatic heterocycles. The van der Waals surface area contributed by atoms with Gasteiger partial charge in [0.25, 0.3) is 0 Å². The van der Waals surface area contributed by atoms with Crippen molar-refractivity contribution in [3.63, 3.8) is 0 Å². The zero-order chi connectivity index (χ0) is 16.8. The second-order valence-corrected chi connectivity index (χ2v) is 6.33. The Morgan fingerprint density at radius 1 is 1.04 bits per heavy atom. The second kappa shape index (κ2) is 7.97. The maximum atomic E-state index is 12.9. The van der Waals surface area contributed by atoms with E-state index in [4.69, 9.17) is 0 Å². The number of benzene rings is 2. The van der Waals surface area contributed by atoms with Crippen LogP contribution < -0.4 is 5.32 Å². The summed E-state index contributed by atoms with van der Waals surface area (Å²) >= 11 is 0. The maximum absolute atomic E-state index is 12.9. The fourth-order valence-corrected chi connectivity index (χ4v) is 3.16. The van der Waals surface area contributed by atoms with E-state index in [0.29, 0.717) is 13.0 Å². The lowest BCUT2D eigenvalue weighted by molar-refractivity contribution is -0.132. The van der Waals surface area contributed by atoms with Crippen molar-refractivity contribution in [3.8, 4) is 5.75 Å². The Labute approximate surface area is 143 Å². The molecule has 1 aliphatic rings. The number of nitrogens with one attached hydrogen (secondary N) is 1. The van der Waals surface area contributed by atoms with E-state index in [1.165, 1.54) is 0 Å². The van der Waals surface area contributed by atoms with E-state index in [2.05, 4.69) is 17.4 Å². The number of aromatic hydroxyl groups is 1. The van der Waals surface area contributed by atoms with Crippen molar-refractivity contribution in [2.45, 2.75) is 31.8 Å². The third kappa shape index (κ3) is 4.36. The number of likely N-dealkylation sites (tertiary alicyclic amines) is 1. The van der Waals surface area contributed by atoms with Gasteiger partial charge in [0, 0.05) is 19.6 Å². The molecule has 0 aliphatic carbocycles. The third-order valence-electron chi connectivity index (χ3n) is 4.46. The number of hydrogen-bond donors (Lipinski definition) is 2. The predicted molar refractivity (Wildman–Crippen MR) is 94.7 cm³/mol. The summed E-state index contributed by atoms with van der Waals surface area (Å²) in [5.74, 6) is 0.427. The highest BCUT2D eigenvalue weighted by molar-refractivity contribution is 5.82. The van der Waals surface area contributed by atoms with Gasteiger partial charge in [0.05, 0.1) is 6.04 Å². The standard InChI is InChI=1S/C20H24N2O2/c23-18-10-6-9-17(13-18)15-21-19(14-16-7-2-1-3-8-16)20(24)22-11-4-5-12-22/h1-3,6-10,13,19,21,23H,4-5,11-12,14-15H2/t19-/m0/s1. The molecule has 3 rings (SSSR count). The molecule has 24 heavy (non-hydrogen) atoms.